The molecule has 1 heterocycles. The molecular weight excluding hydrogens is 578 g/mol. The third-order valence-electron chi connectivity index (χ3n) is 5.51. The number of sulfonamides is 2. The van der Waals surface area contributed by atoms with E-state index in [-0.39, 0.29) is 16.3 Å². The van der Waals surface area contributed by atoms with Crippen LogP contribution in [0, 0.1) is 0 Å². The highest BCUT2D eigenvalue weighted by Crippen LogP contribution is 2.35. The van der Waals surface area contributed by atoms with Crippen molar-refractivity contribution < 1.29 is 21.6 Å². The van der Waals surface area contributed by atoms with E-state index < -0.39 is 32.5 Å². The van der Waals surface area contributed by atoms with Gasteiger partial charge in [0, 0.05) is 28.8 Å². The number of halogens is 2. The maximum Gasteiger partial charge on any atom is 0.264 e. The molecule has 1 amide bonds. The summed E-state index contributed by atoms with van der Waals surface area (Å²) in [5, 5.41) is 3.10. The zero-order valence-electron chi connectivity index (χ0n) is 18.5. The van der Waals surface area contributed by atoms with Gasteiger partial charge in [0.05, 0.1) is 22.0 Å². The van der Waals surface area contributed by atoms with E-state index in [2.05, 4.69) is 21.2 Å². The van der Waals surface area contributed by atoms with Crippen molar-refractivity contribution >= 4 is 64.9 Å². The van der Waals surface area contributed by atoms with Gasteiger partial charge in [-0.25, -0.2) is 16.8 Å². The predicted molar refractivity (Wildman–Crippen MR) is 139 cm³/mol. The van der Waals surface area contributed by atoms with Gasteiger partial charge in [-0.2, -0.15) is 4.31 Å². The number of rotatable bonds is 7. The molecule has 0 aliphatic carbocycles. The Morgan fingerprint density at radius 2 is 1.63 bits per heavy atom. The summed E-state index contributed by atoms with van der Waals surface area (Å²) in [6, 6.07) is 17.0. The summed E-state index contributed by atoms with van der Waals surface area (Å²) in [5.74, 6) is -0.557. The van der Waals surface area contributed by atoms with Gasteiger partial charge in [-0.3, -0.25) is 9.10 Å². The highest BCUT2D eigenvalue weighted by Gasteiger charge is 2.31. The average molecular weight is 599 g/mol. The van der Waals surface area contributed by atoms with Gasteiger partial charge in [0.2, 0.25) is 15.9 Å². The number of benzene rings is 3. The number of carbonyl (C=O) groups excluding carboxylic acids is 1. The number of anilines is 2. The second-order valence-electron chi connectivity index (χ2n) is 7.89. The monoisotopic (exact) mass is 597 g/mol. The fourth-order valence-corrected chi connectivity index (χ4v) is 6.70. The van der Waals surface area contributed by atoms with Crippen molar-refractivity contribution in [2.24, 2.45) is 0 Å². The van der Waals surface area contributed by atoms with Crippen molar-refractivity contribution in [1.29, 1.82) is 0 Å². The van der Waals surface area contributed by atoms with E-state index in [1.165, 1.54) is 47.8 Å². The minimum Gasteiger partial charge on any atom is -0.325 e. The van der Waals surface area contributed by atoms with Crippen LogP contribution in [0.25, 0.3) is 0 Å². The van der Waals surface area contributed by atoms with Crippen LogP contribution in [0.15, 0.2) is 81.0 Å². The summed E-state index contributed by atoms with van der Waals surface area (Å²) in [4.78, 5) is 12.8. The number of amides is 1. The average Bonchev–Trinajstić information content (AvgIpc) is 3.23. The molecule has 0 unspecified atom stereocenters. The number of nitrogens with zero attached hydrogens (tertiary/aromatic N) is 2. The highest BCUT2D eigenvalue weighted by molar-refractivity contribution is 9.10. The van der Waals surface area contributed by atoms with Crippen LogP contribution in [0.5, 0.6) is 0 Å². The van der Waals surface area contributed by atoms with Crippen molar-refractivity contribution in [2.45, 2.75) is 16.2 Å². The molecule has 1 N–H and O–H groups in total. The highest BCUT2D eigenvalue weighted by atomic mass is 79.9. The van der Waals surface area contributed by atoms with E-state index in [1.54, 1.807) is 30.3 Å². The summed E-state index contributed by atoms with van der Waals surface area (Å²) >= 11 is 9.15. The number of likely N-dealkylation sites (N-methyl/N-ethyl adjacent to an activating group) is 1. The van der Waals surface area contributed by atoms with E-state index in [9.17, 15) is 21.6 Å². The minimum atomic E-state index is -3.86. The summed E-state index contributed by atoms with van der Waals surface area (Å²) < 4.78 is 54.8. The van der Waals surface area contributed by atoms with E-state index in [1.807, 2.05) is 0 Å². The maximum absolute atomic E-state index is 13.2. The van der Waals surface area contributed by atoms with Gasteiger partial charge in [0.1, 0.15) is 0 Å². The molecular formula is C23H21BrClN3O5S2. The fourth-order valence-electron chi connectivity index (χ4n) is 3.69. The Balaban J connectivity index is 1.50. The first-order valence-electron chi connectivity index (χ1n) is 10.4. The number of fused-ring (bicyclic) bond motifs is 1. The van der Waals surface area contributed by atoms with Gasteiger partial charge in [-0.05, 0) is 72.6 Å². The zero-order chi connectivity index (χ0) is 25.4. The molecule has 3 aromatic carbocycles. The van der Waals surface area contributed by atoms with Crippen molar-refractivity contribution in [3.8, 4) is 0 Å². The summed E-state index contributed by atoms with van der Waals surface area (Å²) in [7, 11) is -6.36. The molecule has 1 aliphatic heterocycles. The van der Waals surface area contributed by atoms with Gasteiger partial charge >= 0.3 is 0 Å². The smallest absolute Gasteiger partial charge is 0.264 e. The molecule has 0 saturated heterocycles. The quantitative estimate of drug-likeness (QED) is 0.441. The Morgan fingerprint density at radius 1 is 1.00 bits per heavy atom. The molecule has 35 heavy (non-hydrogen) atoms. The molecule has 0 atom stereocenters. The Hall–Kier alpha value is -2.44. The van der Waals surface area contributed by atoms with Crippen LogP contribution in [0.1, 0.15) is 5.56 Å². The zero-order valence-corrected chi connectivity index (χ0v) is 22.5. The molecule has 0 saturated carbocycles. The van der Waals surface area contributed by atoms with Crippen LogP contribution in [-0.2, 0) is 31.3 Å². The van der Waals surface area contributed by atoms with Gasteiger partial charge in [-0.1, -0.05) is 33.6 Å². The number of hydrogen-bond donors (Lipinski definition) is 1. The van der Waals surface area contributed by atoms with Gasteiger partial charge in [0.15, 0.2) is 0 Å². The fraction of sp³-hybridized carbons (Fsp3) is 0.174. The largest absolute Gasteiger partial charge is 0.325 e. The molecule has 4 rings (SSSR count). The predicted octanol–water partition coefficient (Wildman–Crippen LogP) is 4.11. The number of carbonyl (C=O) groups is 1. The lowest BCUT2D eigenvalue weighted by atomic mass is 10.1. The van der Waals surface area contributed by atoms with Crippen molar-refractivity contribution in [3.63, 3.8) is 0 Å². The second-order valence-corrected chi connectivity index (χ2v) is 13.1. The molecule has 0 aromatic heterocycles. The number of nitrogens with one attached hydrogen (secondary N) is 1. The third kappa shape index (κ3) is 5.39. The topological polar surface area (TPSA) is 104 Å². The van der Waals surface area contributed by atoms with Crippen LogP contribution in [0.3, 0.4) is 0 Å². The molecule has 0 spiro atoms. The van der Waals surface area contributed by atoms with Gasteiger partial charge < -0.3 is 5.32 Å². The standard InChI is InChI=1S/C23H21BrClN3O5S2/c1-27(34(30,31)20-8-3-17(24)4-9-20)15-23(29)26-19-7-2-16-12-13-28(22(16)14-19)35(32,33)21-10-5-18(25)6-11-21/h2-11,14H,12-13,15H2,1H3,(H,26,29). The normalized spacial score (nSPS) is 13.7. The molecule has 0 bridgehead atoms. The molecule has 8 nitrogen and oxygen atoms in total. The lowest BCUT2D eigenvalue weighted by Gasteiger charge is -2.21. The SMILES string of the molecule is CN(CC(=O)Nc1ccc2c(c1)N(S(=O)(=O)c1ccc(Cl)cc1)CC2)S(=O)(=O)c1ccc(Br)cc1. The molecule has 12 heteroatoms. The first-order valence-corrected chi connectivity index (χ1v) is 14.5. The van der Waals surface area contributed by atoms with Crippen LogP contribution < -0.4 is 9.62 Å². The summed E-state index contributed by atoms with van der Waals surface area (Å²) in [6.07, 6.45) is 0.532. The first kappa shape index (κ1) is 25.6. The van der Waals surface area contributed by atoms with Crippen LogP contribution in [0.4, 0.5) is 11.4 Å². The van der Waals surface area contributed by atoms with Crippen LogP contribution in [-0.4, -0.2) is 47.2 Å². The maximum atomic E-state index is 13.2. The Morgan fingerprint density at radius 3 is 2.29 bits per heavy atom. The summed E-state index contributed by atoms with van der Waals surface area (Å²) in [5.41, 5.74) is 1.66. The molecule has 184 valence electrons. The lowest BCUT2D eigenvalue weighted by Crippen LogP contribution is -2.35. The second kappa shape index (κ2) is 9.90. The molecule has 0 radical (unpaired) electrons. The summed E-state index contributed by atoms with van der Waals surface area (Å²) in [6.45, 7) is -0.145. The van der Waals surface area contributed by atoms with Crippen molar-refractivity contribution in [1.82, 2.24) is 4.31 Å². The third-order valence-corrected chi connectivity index (χ3v) is 9.94. The molecule has 1 aliphatic rings. The van der Waals surface area contributed by atoms with Gasteiger partial charge in [-0.15, -0.1) is 0 Å². The Labute approximate surface area is 217 Å². The van der Waals surface area contributed by atoms with Crippen LogP contribution in [0.2, 0.25) is 5.02 Å². The van der Waals surface area contributed by atoms with E-state index in [4.69, 9.17) is 11.6 Å². The molecule has 0 fully saturated rings. The van der Waals surface area contributed by atoms with Crippen molar-refractivity contribution in [3.05, 3.63) is 81.8 Å². The van der Waals surface area contributed by atoms with Gasteiger partial charge in [0.25, 0.3) is 10.0 Å². The van der Waals surface area contributed by atoms with Crippen molar-refractivity contribution in [2.75, 3.05) is 29.8 Å². The lowest BCUT2D eigenvalue weighted by molar-refractivity contribution is -0.116. The van der Waals surface area contributed by atoms with E-state index in [0.29, 0.717) is 22.8 Å². The first-order chi connectivity index (χ1) is 16.5. The van der Waals surface area contributed by atoms with E-state index >= 15 is 0 Å². The Bertz CT molecular complexity index is 1480. The molecule has 3 aromatic rings. The van der Waals surface area contributed by atoms with E-state index in [0.717, 1.165) is 14.3 Å². The number of hydrogen-bond acceptors (Lipinski definition) is 5. The van der Waals surface area contributed by atoms with Crippen LogP contribution >= 0.6 is 27.5 Å². The minimum absolute atomic E-state index is 0.0663. The Kier molecular flexibility index (Phi) is 7.26.